The van der Waals surface area contributed by atoms with Crippen LogP contribution in [0.15, 0.2) is 12.4 Å². The minimum Gasteiger partial charge on any atom is -0.399 e. The van der Waals surface area contributed by atoms with Gasteiger partial charge in [0.15, 0.2) is 0 Å². The average Bonchev–Trinajstić information content (AvgIpc) is 3.02. The standard InChI is InChI=1S/C16H28BN3O3S/c1-7-16(11-19(12-16)24(21)8-2)20-10-13(9-18-20)17-22-14(3,4)15(5,6)23-17/h9-10H,7-8,11-12H2,1-6H3. The molecule has 0 spiro atoms. The molecule has 1 aromatic rings. The second-order valence-corrected chi connectivity index (χ2v) is 9.53. The quantitative estimate of drug-likeness (QED) is 0.749. The molecule has 2 aliphatic heterocycles. The topological polar surface area (TPSA) is 56.6 Å². The number of aromatic nitrogens is 2. The van der Waals surface area contributed by atoms with Gasteiger partial charge in [0, 0.05) is 36.7 Å². The highest BCUT2D eigenvalue weighted by Crippen LogP contribution is 2.37. The van der Waals surface area contributed by atoms with Crippen molar-refractivity contribution in [3.63, 3.8) is 0 Å². The van der Waals surface area contributed by atoms with Crippen LogP contribution in [0, 0.1) is 0 Å². The molecule has 1 atom stereocenters. The summed E-state index contributed by atoms with van der Waals surface area (Å²) in [6.07, 6.45) is 4.81. The first kappa shape index (κ1) is 18.1. The Hall–Kier alpha value is -0.695. The Morgan fingerprint density at radius 3 is 2.29 bits per heavy atom. The van der Waals surface area contributed by atoms with Crippen LogP contribution in [0.5, 0.6) is 0 Å². The number of hydrogen-bond donors (Lipinski definition) is 0. The predicted molar refractivity (Wildman–Crippen MR) is 96.5 cm³/mol. The normalized spacial score (nSPS) is 26.3. The summed E-state index contributed by atoms with van der Waals surface area (Å²) in [5.41, 5.74) is 0.157. The Balaban J connectivity index is 1.76. The third-order valence-electron chi connectivity index (χ3n) is 5.75. The SMILES string of the molecule is CCS(=O)N1CC(CC)(n2cc(B3OC(C)(C)C(C)(C)O3)cn2)C1. The minimum atomic E-state index is -0.880. The number of nitrogens with zero attached hydrogens (tertiary/aromatic N) is 3. The first-order chi connectivity index (χ1) is 11.1. The van der Waals surface area contributed by atoms with Gasteiger partial charge in [0.25, 0.3) is 0 Å². The molecule has 0 aliphatic carbocycles. The summed E-state index contributed by atoms with van der Waals surface area (Å²) in [5.74, 6) is 0.665. The zero-order valence-corrected chi connectivity index (χ0v) is 16.4. The Bertz CT molecular complexity index is 624. The molecule has 6 nitrogen and oxygen atoms in total. The molecule has 3 heterocycles. The van der Waals surface area contributed by atoms with E-state index in [2.05, 4.69) is 39.7 Å². The third-order valence-corrected chi connectivity index (χ3v) is 7.08. The maximum absolute atomic E-state index is 12.0. The van der Waals surface area contributed by atoms with Gasteiger partial charge in [-0.15, -0.1) is 0 Å². The van der Waals surface area contributed by atoms with Gasteiger partial charge in [-0.05, 0) is 34.1 Å². The van der Waals surface area contributed by atoms with Crippen LogP contribution < -0.4 is 5.46 Å². The highest BCUT2D eigenvalue weighted by Gasteiger charge is 2.53. The Morgan fingerprint density at radius 2 is 1.79 bits per heavy atom. The van der Waals surface area contributed by atoms with Gasteiger partial charge in [-0.2, -0.15) is 5.10 Å². The molecule has 0 amide bonds. The van der Waals surface area contributed by atoms with Crippen molar-refractivity contribution in [3.8, 4) is 0 Å². The number of rotatable bonds is 5. The van der Waals surface area contributed by atoms with Crippen molar-refractivity contribution in [3.05, 3.63) is 12.4 Å². The monoisotopic (exact) mass is 353 g/mol. The molecule has 24 heavy (non-hydrogen) atoms. The second-order valence-electron chi connectivity index (χ2n) is 7.79. The van der Waals surface area contributed by atoms with Gasteiger partial charge in [-0.1, -0.05) is 13.8 Å². The van der Waals surface area contributed by atoms with Crippen molar-refractivity contribution in [2.75, 3.05) is 18.8 Å². The van der Waals surface area contributed by atoms with Crippen LogP contribution in [0.4, 0.5) is 0 Å². The van der Waals surface area contributed by atoms with Gasteiger partial charge in [0.1, 0.15) is 0 Å². The first-order valence-corrected chi connectivity index (χ1v) is 9.96. The molecule has 1 aromatic heterocycles. The summed E-state index contributed by atoms with van der Waals surface area (Å²) in [7, 11) is -1.27. The predicted octanol–water partition coefficient (Wildman–Crippen LogP) is 1.29. The maximum Gasteiger partial charge on any atom is 0.498 e. The molecule has 1 unspecified atom stereocenters. The summed E-state index contributed by atoms with van der Waals surface area (Å²) < 4.78 is 28.2. The summed E-state index contributed by atoms with van der Waals surface area (Å²) in [4.78, 5) is 0. The van der Waals surface area contributed by atoms with E-state index in [4.69, 9.17) is 9.31 Å². The molecule has 2 fully saturated rings. The lowest BCUT2D eigenvalue weighted by Crippen LogP contribution is -2.63. The van der Waals surface area contributed by atoms with Crippen molar-refractivity contribution in [1.82, 2.24) is 14.1 Å². The molecule has 8 heteroatoms. The summed E-state index contributed by atoms with van der Waals surface area (Å²) in [6, 6.07) is 0. The van der Waals surface area contributed by atoms with Crippen LogP contribution >= 0.6 is 0 Å². The van der Waals surface area contributed by atoms with Crippen molar-refractivity contribution in [2.24, 2.45) is 0 Å². The van der Waals surface area contributed by atoms with E-state index >= 15 is 0 Å². The van der Waals surface area contributed by atoms with E-state index in [1.54, 1.807) is 0 Å². The van der Waals surface area contributed by atoms with Crippen molar-refractivity contribution in [2.45, 2.75) is 64.7 Å². The molecule has 0 N–H and O–H groups in total. The third kappa shape index (κ3) is 2.77. The fourth-order valence-corrected chi connectivity index (χ4v) is 4.30. The lowest BCUT2D eigenvalue weighted by Gasteiger charge is -2.48. The van der Waals surface area contributed by atoms with Crippen LogP contribution in [0.25, 0.3) is 0 Å². The van der Waals surface area contributed by atoms with Crippen LogP contribution in [0.1, 0.15) is 48.0 Å². The maximum atomic E-state index is 12.0. The Kier molecular flexibility index (Phi) is 4.48. The lowest BCUT2D eigenvalue weighted by molar-refractivity contribution is 0.00578. The highest BCUT2D eigenvalue weighted by atomic mass is 32.2. The van der Waals surface area contributed by atoms with E-state index in [1.807, 2.05) is 28.3 Å². The molecule has 0 radical (unpaired) electrons. The van der Waals surface area contributed by atoms with E-state index < -0.39 is 18.1 Å². The largest absolute Gasteiger partial charge is 0.498 e. The summed E-state index contributed by atoms with van der Waals surface area (Å²) >= 11 is 0. The van der Waals surface area contributed by atoms with E-state index in [0.717, 1.165) is 25.0 Å². The smallest absolute Gasteiger partial charge is 0.399 e. The van der Waals surface area contributed by atoms with Gasteiger partial charge in [-0.25, -0.2) is 8.51 Å². The van der Waals surface area contributed by atoms with E-state index in [1.165, 1.54) is 0 Å². The lowest BCUT2D eigenvalue weighted by atomic mass is 9.81. The number of hydrogen-bond acceptors (Lipinski definition) is 4. The van der Waals surface area contributed by atoms with Gasteiger partial charge in [0.05, 0.1) is 27.7 Å². The van der Waals surface area contributed by atoms with Gasteiger partial charge in [-0.3, -0.25) is 4.68 Å². The fraction of sp³-hybridized carbons (Fsp3) is 0.812. The second kappa shape index (κ2) is 5.93. The zero-order chi connectivity index (χ0) is 17.8. The molecular formula is C16H28BN3O3S. The molecular weight excluding hydrogens is 325 g/mol. The molecule has 0 aromatic carbocycles. The first-order valence-electron chi connectivity index (χ1n) is 8.68. The van der Waals surface area contributed by atoms with Gasteiger partial charge < -0.3 is 9.31 Å². The fourth-order valence-electron chi connectivity index (χ4n) is 3.16. The Morgan fingerprint density at radius 1 is 1.21 bits per heavy atom. The molecule has 134 valence electrons. The van der Waals surface area contributed by atoms with Crippen molar-refractivity contribution in [1.29, 1.82) is 0 Å². The van der Waals surface area contributed by atoms with Crippen LogP contribution in [0.2, 0.25) is 0 Å². The van der Waals surface area contributed by atoms with Crippen LogP contribution in [-0.2, 0) is 25.8 Å². The van der Waals surface area contributed by atoms with Crippen LogP contribution in [-0.4, -0.2) is 55.5 Å². The molecule has 2 aliphatic rings. The Labute approximate surface area is 147 Å². The van der Waals surface area contributed by atoms with E-state index in [9.17, 15) is 4.21 Å². The van der Waals surface area contributed by atoms with Gasteiger partial charge >= 0.3 is 7.12 Å². The molecule has 2 saturated heterocycles. The molecule has 0 bridgehead atoms. The van der Waals surface area contributed by atoms with Crippen molar-refractivity contribution >= 4 is 23.6 Å². The average molecular weight is 353 g/mol. The van der Waals surface area contributed by atoms with Crippen LogP contribution in [0.3, 0.4) is 0 Å². The van der Waals surface area contributed by atoms with E-state index in [-0.39, 0.29) is 16.7 Å². The molecule has 3 rings (SSSR count). The van der Waals surface area contributed by atoms with Gasteiger partial charge in [0.2, 0.25) is 0 Å². The minimum absolute atomic E-state index is 0.0767. The summed E-state index contributed by atoms with van der Waals surface area (Å²) in [6.45, 7) is 13.9. The summed E-state index contributed by atoms with van der Waals surface area (Å²) in [5, 5.41) is 4.57. The van der Waals surface area contributed by atoms with Crippen molar-refractivity contribution < 1.29 is 13.5 Å². The van der Waals surface area contributed by atoms with E-state index in [0.29, 0.717) is 5.75 Å². The molecule has 0 saturated carbocycles. The zero-order valence-electron chi connectivity index (χ0n) is 15.5. The highest BCUT2D eigenvalue weighted by molar-refractivity contribution is 7.82.